The third kappa shape index (κ3) is 4.91. The van der Waals surface area contributed by atoms with Crippen LogP contribution in [0.2, 0.25) is 0 Å². The maximum Gasteiger partial charge on any atom is 0.256 e. The van der Waals surface area contributed by atoms with Crippen molar-refractivity contribution in [3.63, 3.8) is 0 Å². The molecule has 9 heteroatoms. The maximum atomic E-state index is 14.5. The summed E-state index contributed by atoms with van der Waals surface area (Å²) in [6.45, 7) is 2.41. The predicted molar refractivity (Wildman–Crippen MR) is 112 cm³/mol. The van der Waals surface area contributed by atoms with Gasteiger partial charge in [0.25, 0.3) is 5.91 Å². The zero-order valence-electron chi connectivity index (χ0n) is 16.6. The lowest BCUT2D eigenvalue weighted by Gasteiger charge is -2.46. The van der Waals surface area contributed by atoms with E-state index in [1.165, 1.54) is 28.8 Å². The van der Waals surface area contributed by atoms with E-state index in [1.54, 1.807) is 13.0 Å². The molecule has 1 amide bonds. The lowest BCUT2D eigenvalue weighted by atomic mass is 10.1. The second-order valence-electron chi connectivity index (χ2n) is 7.34. The molecule has 0 aliphatic carbocycles. The molecular weight excluding hydrogens is 415 g/mol. The zero-order valence-corrected chi connectivity index (χ0v) is 17.4. The minimum absolute atomic E-state index is 0.0659. The number of hydrogen-bond donors (Lipinski definition) is 3. The van der Waals surface area contributed by atoms with Crippen molar-refractivity contribution < 1.29 is 23.1 Å². The molecule has 1 aliphatic heterocycles. The van der Waals surface area contributed by atoms with Crippen molar-refractivity contribution in [2.24, 2.45) is 5.73 Å². The van der Waals surface area contributed by atoms with Crippen molar-refractivity contribution in [1.82, 2.24) is 4.90 Å². The first-order valence-electron chi connectivity index (χ1n) is 9.61. The van der Waals surface area contributed by atoms with Crippen LogP contribution in [0.3, 0.4) is 0 Å². The zero-order chi connectivity index (χ0) is 21.9. The number of likely N-dealkylation sites (tertiary alicyclic amines) is 1. The lowest BCUT2D eigenvalue weighted by Crippen LogP contribution is -2.61. The minimum atomic E-state index is -1.27. The number of rotatable bonds is 8. The number of nitrogens with two attached hydrogens (primary N) is 1. The molecule has 162 valence electrons. The molecule has 4 N–H and O–H groups in total. The van der Waals surface area contributed by atoms with E-state index < -0.39 is 34.0 Å². The Hall–Kier alpha value is -2.23. The van der Waals surface area contributed by atoms with Crippen LogP contribution >= 0.6 is 11.8 Å². The number of benzene rings is 2. The molecule has 1 fully saturated rings. The van der Waals surface area contributed by atoms with Crippen LogP contribution in [0.25, 0.3) is 0 Å². The van der Waals surface area contributed by atoms with E-state index in [-0.39, 0.29) is 24.3 Å². The number of carbonyl (C=O) groups excluding carboxylic acids is 1. The van der Waals surface area contributed by atoms with Crippen molar-refractivity contribution in [2.75, 3.05) is 30.7 Å². The summed E-state index contributed by atoms with van der Waals surface area (Å²) >= 11 is 1.34. The summed E-state index contributed by atoms with van der Waals surface area (Å²) in [5.74, 6) is -2.94. The summed E-state index contributed by atoms with van der Waals surface area (Å²) in [5.41, 5.74) is 5.47. The second-order valence-corrected chi connectivity index (χ2v) is 8.80. The Morgan fingerprint density at radius 2 is 1.93 bits per heavy atom. The number of carbonyl (C=O) groups is 1. The second kappa shape index (κ2) is 9.28. The molecule has 5 nitrogen and oxygen atoms in total. The number of halogens is 3. The smallest absolute Gasteiger partial charge is 0.256 e. The van der Waals surface area contributed by atoms with E-state index in [0.717, 1.165) is 25.0 Å². The highest BCUT2D eigenvalue weighted by Gasteiger charge is 2.44. The van der Waals surface area contributed by atoms with E-state index in [9.17, 15) is 23.1 Å². The molecule has 0 unspecified atom stereocenters. The van der Waals surface area contributed by atoms with Gasteiger partial charge < -0.3 is 21.1 Å². The van der Waals surface area contributed by atoms with Crippen molar-refractivity contribution in [2.45, 2.75) is 24.7 Å². The summed E-state index contributed by atoms with van der Waals surface area (Å²) < 4.78 is 42.5. The van der Waals surface area contributed by atoms with Crippen molar-refractivity contribution in [3.05, 3.63) is 58.9 Å². The Balaban J connectivity index is 1.76. The lowest BCUT2D eigenvalue weighted by molar-refractivity contribution is -0.0159. The van der Waals surface area contributed by atoms with Gasteiger partial charge in [0.2, 0.25) is 0 Å². The molecule has 0 bridgehead atoms. The number of amides is 1. The van der Waals surface area contributed by atoms with Gasteiger partial charge in [-0.3, -0.25) is 4.79 Å². The largest absolute Gasteiger partial charge is 0.376 e. The van der Waals surface area contributed by atoms with E-state index in [4.69, 9.17) is 5.73 Å². The predicted octanol–water partition coefficient (Wildman–Crippen LogP) is 3.77. The van der Waals surface area contributed by atoms with E-state index >= 15 is 0 Å². The van der Waals surface area contributed by atoms with E-state index in [1.807, 2.05) is 0 Å². The molecule has 0 spiro atoms. The van der Waals surface area contributed by atoms with Gasteiger partial charge >= 0.3 is 0 Å². The Bertz CT molecular complexity index is 936. The number of aliphatic hydroxyl groups is 1. The molecule has 3 rings (SSSR count). The number of anilines is 2. The number of hydrogen-bond acceptors (Lipinski definition) is 5. The molecule has 2 aromatic rings. The Morgan fingerprint density at radius 3 is 2.60 bits per heavy atom. The summed E-state index contributed by atoms with van der Waals surface area (Å²) in [5, 5.41) is 13.0. The number of thioether (sulfide) groups is 1. The third-order valence-electron chi connectivity index (χ3n) is 4.84. The van der Waals surface area contributed by atoms with Crippen LogP contribution in [0.15, 0.2) is 30.3 Å². The van der Waals surface area contributed by atoms with Gasteiger partial charge in [0.05, 0.1) is 30.0 Å². The molecule has 1 saturated heterocycles. The summed E-state index contributed by atoms with van der Waals surface area (Å²) in [7, 11) is 0. The highest BCUT2D eigenvalue weighted by atomic mass is 32.2. The van der Waals surface area contributed by atoms with Crippen LogP contribution in [0.5, 0.6) is 0 Å². The molecule has 0 atom stereocenters. The van der Waals surface area contributed by atoms with Crippen molar-refractivity contribution >= 4 is 29.0 Å². The summed E-state index contributed by atoms with van der Waals surface area (Å²) in [6.07, 6.45) is 1.71. The first-order valence-corrected chi connectivity index (χ1v) is 10.6. The first-order chi connectivity index (χ1) is 14.2. The average Bonchev–Trinajstić information content (AvgIpc) is 2.68. The number of unbranched alkanes of at least 4 members (excludes halogenated alkanes) is 1. The van der Waals surface area contributed by atoms with E-state index in [0.29, 0.717) is 17.9 Å². The number of aryl methyl sites for hydroxylation is 1. The molecule has 0 radical (unpaired) electrons. The topological polar surface area (TPSA) is 78.6 Å². The van der Waals surface area contributed by atoms with Crippen molar-refractivity contribution in [1.29, 1.82) is 0 Å². The van der Waals surface area contributed by atoms with Gasteiger partial charge in [-0.2, -0.15) is 0 Å². The Morgan fingerprint density at radius 1 is 1.20 bits per heavy atom. The van der Waals surface area contributed by atoms with Gasteiger partial charge in [-0.25, -0.2) is 13.2 Å². The first kappa shape index (κ1) is 22.5. The number of β-amino-alcohol motifs (C(OH)–C–C–N with tert-alkyl or cyclic N) is 1. The van der Waals surface area contributed by atoms with E-state index in [2.05, 4.69) is 5.32 Å². The average molecular weight is 440 g/mol. The molecule has 0 aromatic heterocycles. The molecule has 1 aliphatic rings. The standard InChI is InChI=1S/C21H24F3N3O2S/c1-13-4-7-17(16(23)10-13)26-19-14(5-6-15(22)18(19)24)20(28)27-11-21(29,12-27)30-9-3-2-8-25/h4-7,10,26,29H,2-3,8-9,11-12,25H2,1H3. The maximum absolute atomic E-state index is 14.5. The fourth-order valence-corrected chi connectivity index (χ4v) is 4.39. The van der Waals surface area contributed by atoms with Gasteiger partial charge in [0.15, 0.2) is 11.6 Å². The highest BCUT2D eigenvalue weighted by molar-refractivity contribution is 8.00. The monoisotopic (exact) mass is 439 g/mol. The Kier molecular flexibility index (Phi) is 6.95. The summed E-state index contributed by atoms with van der Waals surface area (Å²) in [4.78, 5) is 13.1. The number of nitrogens with one attached hydrogen (secondary N) is 1. The van der Waals surface area contributed by atoms with Gasteiger partial charge in [-0.05, 0) is 61.9 Å². The quantitative estimate of drug-likeness (QED) is 0.431. The SMILES string of the molecule is Cc1ccc(Nc2c(C(=O)N3CC(O)(SCCCCN)C3)ccc(F)c2F)c(F)c1. The third-order valence-corrected chi connectivity index (χ3v) is 6.13. The van der Waals surface area contributed by atoms with Crippen LogP contribution in [0.1, 0.15) is 28.8 Å². The van der Waals surface area contributed by atoms with Crippen molar-refractivity contribution in [3.8, 4) is 0 Å². The minimum Gasteiger partial charge on any atom is -0.376 e. The fraction of sp³-hybridized carbons (Fsp3) is 0.381. The molecule has 1 heterocycles. The van der Waals surface area contributed by atoms with Crippen LogP contribution in [0.4, 0.5) is 24.5 Å². The number of nitrogens with zero attached hydrogens (tertiary/aromatic N) is 1. The van der Waals surface area contributed by atoms with Crippen LogP contribution in [-0.2, 0) is 0 Å². The summed E-state index contributed by atoms with van der Waals surface area (Å²) in [6, 6.07) is 6.26. The molecule has 2 aromatic carbocycles. The normalized spacial score (nSPS) is 15.1. The molecule has 0 saturated carbocycles. The molecular formula is C21H24F3N3O2S. The van der Waals surface area contributed by atoms with Gasteiger partial charge in [0.1, 0.15) is 10.8 Å². The Labute approximate surface area is 177 Å². The molecule has 30 heavy (non-hydrogen) atoms. The van der Waals surface area contributed by atoms with Crippen LogP contribution < -0.4 is 11.1 Å². The highest BCUT2D eigenvalue weighted by Crippen LogP contribution is 2.36. The van der Waals surface area contributed by atoms with Gasteiger partial charge in [0, 0.05) is 0 Å². The van der Waals surface area contributed by atoms with Crippen LogP contribution in [-0.4, -0.2) is 46.2 Å². The fourth-order valence-electron chi connectivity index (χ4n) is 3.17. The van der Waals surface area contributed by atoms with Gasteiger partial charge in [-0.15, -0.1) is 11.8 Å². The van der Waals surface area contributed by atoms with Gasteiger partial charge in [-0.1, -0.05) is 6.07 Å². The van der Waals surface area contributed by atoms with Crippen LogP contribution in [0, 0.1) is 24.4 Å².